The van der Waals surface area contributed by atoms with Crippen LogP contribution < -0.4 is 0 Å². The fourth-order valence-corrected chi connectivity index (χ4v) is 2.93. The molecule has 0 aliphatic carbocycles. The van der Waals surface area contributed by atoms with Crippen LogP contribution in [-0.4, -0.2) is 74.2 Å². The minimum atomic E-state index is -0.374. The van der Waals surface area contributed by atoms with E-state index < -0.39 is 0 Å². The first-order valence-electron chi connectivity index (χ1n) is 8.76. The molecular formula is C18H27N5O2. The van der Waals surface area contributed by atoms with Crippen molar-refractivity contribution in [2.45, 2.75) is 33.8 Å². The molecule has 0 aromatic carbocycles. The highest BCUT2D eigenvalue weighted by atomic mass is 16.3. The van der Waals surface area contributed by atoms with Crippen LogP contribution in [0.5, 0.6) is 0 Å². The van der Waals surface area contributed by atoms with E-state index >= 15 is 0 Å². The smallest absolute Gasteiger partial charge is 0.259 e. The van der Waals surface area contributed by atoms with E-state index in [1.165, 1.54) is 0 Å². The SMILES string of the molecule is Cc1ccn2ncc(C(=O)N3CCN(C[C@@H](O)C(C)(C)C)CC3)c2n1. The van der Waals surface area contributed by atoms with Crippen molar-refractivity contribution in [3.05, 3.63) is 29.7 Å². The Kier molecular flexibility index (Phi) is 4.79. The largest absolute Gasteiger partial charge is 0.391 e. The van der Waals surface area contributed by atoms with Gasteiger partial charge < -0.3 is 10.0 Å². The van der Waals surface area contributed by atoms with E-state index in [0.29, 0.717) is 30.8 Å². The number of aryl methyl sites for hydroxylation is 1. The molecule has 3 heterocycles. The maximum atomic E-state index is 12.8. The molecule has 1 N–H and O–H groups in total. The first kappa shape index (κ1) is 17.8. The van der Waals surface area contributed by atoms with E-state index in [2.05, 4.69) is 15.0 Å². The summed E-state index contributed by atoms with van der Waals surface area (Å²) >= 11 is 0. The van der Waals surface area contributed by atoms with Gasteiger partial charge in [-0.15, -0.1) is 0 Å². The predicted molar refractivity (Wildman–Crippen MR) is 95.5 cm³/mol. The van der Waals surface area contributed by atoms with Crippen LogP contribution in [0.1, 0.15) is 36.8 Å². The van der Waals surface area contributed by atoms with Crippen molar-refractivity contribution in [1.29, 1.82) is 0 Å². The van der Waals surface area contributed by atoms with Crippen molar-refractivity contribution in [1.82, 2.24) is 24.4 Å². The van der Waals surface area contributed by atoms with Gasteiger partial charge in [0.25, 0.3) is 5.91 Å². The van der Waals surface area contributed by atoms with E-state index in [0.717, 1.165) is 18.8 Å². The molecule has 25 heavy (non-hydrogen) atoms. The van der Waals surface area contributed by atoms with Gasteiger partial charge in [-0.05, 0) is 18.4 Å². The van der Waals surface area contributed by atoms with Crippen molar-refractivity contribution in [3.63, 3.8) is 0 Å². The zero-order valence-corrected chi connectivity index (χ0v) is 15.4. The second-order valence-corrected chi connectivity index (χ2v) is 7.87. The maximum Gasteiger partial charge on any atom is 0.259 e. The summed E-state index contributed by atoms with van der Waals surface area (Å²) < 4.78 is 1.64. The fraction of sp³-hybridized carbons (Fsp3) is 0.611. The molecule has 0 unspecified atom stereocenters. The van der Waals surface area contributed by atoms with Gasteiger partial charge in [0.2, 0.25) is 0 Å². The molecule has 1 saturated heterocycles. The number of carbonyl (C=O) groups is 1. The van der Waals surface area contributed by atoms with Crippen LogP contribution in [0, 0.1) is 12.3 Å². The Hall–Kier alpha value is -1.99. The number of piperazine rings is 1. The number of hydrogen-bond donors (Lipinski definition) is 1. The van der Waals surface area contributed by atoms with E-state index in [4.69, 9.17) is 0 Å². The number of aliphatic hydroxyl groups excluding tert-OH is 1. The monoisotopic (exact) mass is 345 g/mol. The summed E-state index contributed by atoms with van der Waals surface area (Å²) in [5.41, 5.74) is 1.89. The highest BCUT2D eigenvalue weighted by molar-refractivity contribution is 5.99. The number of nitrogens with zero attached hydrogens (tertiary/aromatic N) is 5. The van der Waals surface area contributed by atoms with E-state index in [-0.39, 0.29) is 17.4 Å². The van der Waals surface area contributed by atoms with Gasteiger partial charge in [0.1, 0.15) is 5.56 Å². The van der Waals surface area contributed by atoms with Gasteiger partial charge in [-0.25, -0.2) is 9.50 Å². The third kappa shape index (κ3) is 3.82. The van der Waals surface area contributed by atoms with Crippen molar-refractivity contribution in [2.24, 2.45) is 5.41 Å². The lowest BCUT2D eigenvalue weighted by atomic mass is 9.89. The summed E-state index contributed by atoms with van der Waals surface area (Å²) in [4.78, 5) is 21.3. The van der Waals surface area contributed by atoms with Gasteiger partial charge in [0.05, 0.1) is 12.3 Å². The Balaban J connectivity index is 1.64. The average Bonchev–Trinajstić information content (AvgIpc) is 2.97. The van der Waals surface area contributed by atoms with Crippen LogP contribution in [0.4, 0.5) is 0 Å². The second-order valence-electron chi connectivity index (χ2n) is 7.87. The number of hydrogen-bond acceptors (Lipinski definition) is 5. The quantitative estimate of drug-likeness (QED) is 0.905. The standard InChI is InChI=1S/C18H27N5O2/c1-13-5-6-23-16(20-13)14(11-19-23)17(25)22-9-7-21(8-10-22)12-15(24)18(2,3)4/h5-6,11,15,24H,7-10,12H2,1-4H3/t15-/m1/s1. The summed E-state index contributed by atoms with van der Waals surface area (Å²) in [6.45, 7) is 11.5. The molecule has 7 heteroatoms. The molecule has 2 aromatic rings. The Morgan fingerprint density at radius 1 is 1.28 bits per heavy atom. The number of aromatic nitrogens is 3. The normalized spacial score (nSPS) is 17.9. The van der Waals surface area contributed by atoms with Crippen LogP contribution >= 0.6 is 0 Å². The first-order chi connectivity index (χ1) is 11.8. The fourth-order valence-electron chi connectivity index (χ4n) is 2.93. The lowest BCUT2D eigenvalue weighted by Gasteiger charge is -2.37. The summed E-state index contributed by atoms with van der Waals surface area (Å²) in [5.74, 6) is -0.0240. The molecule has 1 fully saturated rings. The van der Waals surface area contributed by atoms with Crippen molar-refractivity contribution in [2.75, 3.05) is 32.7 Å². The van der Waals surface area contributed by atoms with Crippen LogP contribution in [0.25, 0.3) is 5.65 Å². The average molecular weight is 345 g/mol. The Labute approximate surface area is 148 Å². The molecule has 0 spiro atoms. The molecule has 0 bridgehead atoms. The van der Waals surface area contributed by atoms with Crippen molar-refractivity contribution < 1.29 is 9.90 Å². The van der Waals surface area contributed by atoms with Gasteiger partial charge in [0.15, 0.2) is 5.65 Å². The van der Waals surface area contributed by atoms with Gasteiger partial charge >= 0.3 is 0 Å². The highest BCUT2D eigenvalue weighted by Gasteiger charge is 2.28. The number of amides is 1. The number of β-amino-alcohol motifs (C(OH)–C–C–N with tert-alkyl or cyclic N) is 1. The molecule has 1 amide bonds. The van der Waals surface area contributed by atoms with Crippen molar-refractivity contribution in [3.8, 4) is 0 Å². The van der Waals surface area contributed by atoms with Crippen molar-refractivity contribution >= 4 is 11.6 Å². The third-order valence-electron chi connectivity index (χ3n) is 4.83. The molecule has 0 radical (unpaired) electrons. The molecule has 0 saturated carbocycles. The highest BCUT2D eigenvalue weighted by Crippen LogP contribution is 2.21. The Morgan fingerprint density at radius 3 is 2.60 bits per heavy atom. The molecule has 7 nitrogen and oxygen atoms in total. The van der Waals surface area contributed by atoms with Gasteiger partial charge in [-0.1, -0.05) is 20.8 Å². The van der Waals surface area contributed by atoms with Crippen LogP contribution in [0.2, 0.25) is 0 Å². The lowest BCUT2D eigenvalue weighted by Crippen LogP contribution is -2.51. The minimum absolute atomic E-state index is 0.0240. The molecule has 3 rings (SSSR count). The summed E-state index contributed by atoms with van der Waals surface area (Å²) in [7, 11) is 0. The lowest BCUT2D eigenvalue weighted by molar-refractivity contribution is 0.0137. The zero-order valence-electron chi connectivity index (χ0n) is 15.4. The summed E-state index contributed by atoms with van der Waals surface area (Å²) in [6.07, 6.45) is 3.04. The molecular weight excluding hydrogens is 318 g/mol. The summed E-state index contributed by atoms with van der Waals surface area (Å²) in [5, 5.41) is 14.5. The second kappa shape index (κ2) is 6.72. The van der Waals surface area contributed by atoms with Gasteiger partial charge in [-0.3, -0.25) is 9.69 Å². The molecule has 136 valence electrons. The maximum absolute atomic E-state index is 12.8. The number of rotatable bonds is 3. The van der Waals surface area contributed by atoms with Gasteiger partial charge in [-0.2, -0.15) is 5.10 Å². The number of fused-ring (bicyclic) bond motifs is 1. The molecule has 2 aromatic heterocycles. The third-order valence-corrected chi connectivity index (χ3v) is 4.83. The van der Waals surface area contributed by atoms with E-state index in [1.54, 1.807) is 10.7 Å². The van der Waals surface area contributed by atoms with Crippen LogP contribution in [0.15, 0.2) is 18.5 Å². The first-order valence-corrected chi connectivity index (χ1v) is 8.76. The summed E-state index contributed by atoms with van der Waals surface area (Å²) in [6, 6.07) is 1.87. The zero-order chi connectivity index (χ0) is 18.2. The molecule has 1 atom stereocenters. The van der Waals surface area contributed by atoms with Crippen LogP contribution in [0.3, 0.4) is 0 Å². The van der Waals surface area contributed by atoms with Crippen LogP contribution in [-0.2, 0) is 0 Å². The molecule has 1 aliphatic heterocycles. The number of carbonyl (C=O) groups excluding carboxylic acids is 1. The number of aliphatic hydroxyl groups is 1. The van der Waals surface area contributed by atoms with E-state index in [9.17, 15) is 9.90 Å². The molecule has 1 aliphatic rings. The Morgan fingerprint density at radius 2 is 1.96 bits per heavy atom. The predicted octanol–water partition coefficient (Wildman–Crippen LogP) is 1.20. The minimum Gasteiger partial charge on any atom is -0.391 e. The van der Waals surface area contributed by atoms with Gasteiger partial charge in [0, 0.05) is 44.6 Å². The van der Waals surface area contributed by atoms with E-state index in [1.807, 2.05) is 44.9 Å². The topological polar surface area (TPSA) is 74.0 Å². The Bertz CT molecular complexity index is 756.